The SMILES string of the molecule is C[C@H]1OC(C)(C)N(C(=O)[C@H](CCC(=O)NC(c2ccccc2)(c2ccccc2)c2ccccc2)NC(=O)OCC2c3ccccc3-c3ccccc32)[C@H]1C(=O)O. The Kier molecular flexibility index (Phi) is 10.8. The van der Waals surface area contributed by atoms with Gasteiger partial charge in [-0.1, -0.05) is 140 Å². The summed E-state index contributed by atoms with van der Waals surface area (Å²) in [4.78, 5) is 56.1. The van der Waals surface area contributed by atoms with Crippen LogP contribution < -0.4 is 10.6 Å². The maximum atomic E-state index is 14.5. The number of carboxylic acids is 1. The molecular weight excluding hydrogens is 707 g/mol. The van der Waals surface area contributed by atoms with Crippen molar-refractivity contribution in [2.24, 2.45) is 0 Å². The van der Waals surface area contributed by atoms with Gasteiger partial charge in [-0.05, 0) is 66.1 Å². The summed E-state index contributed by atoms with van der Waals surface area (Å²) >= 11 is 0. The van der Waals surface area contributed by atoms with Gasteiger partial charge < -0.3 is 25.2 Å². The van der Waals surface area contributed by atoms with Gasteiger partial charge in [0, 0.05) is 12.3 Å². The quantitative estimate of drug-likeness (QED) is 0.115. The third-order valence-electron chi connectivity index (χ3n) is 10.8. The smallest absolute Gasteiger partial charge is 0.407 e. The molecule has 1 saturated heterocycles. The van der Waals surface area contributed by atoms with Gasteiger partial charge in [-0.25, -0.2) is 9.59 Å². The number of amides is 3. The van der Waals surface area contributed by atoms with E-state index >= 15 is 0 Å². The first-order valence-electron chi connectivity index (χ1n) is 18.8. The summed E-state index contributed by atoms with van der Waals surface area (Å²) in [6.07, 6.45) is -2.04. The average molecular weight is 752 g/mol. The van der Waals surface area contributed by atoms with Crippen LogP contribution in [0.4, 0.5) is 4.79 Å². The summed E-state index contributed by atoms with van der Waals surface area (Å²) in [5, 5.41) is 16.2. The van der Waals surface area contributed by atoms with Crippen molar-refractivity contribution in [2.45, 2.75) is 69.0 Å². The van der Waals surface area contributed by atoms with Crippen molar-refractivity contribution in [2.75, 3.05) is 6.61 Å². The summed E-state index contributed by atoms with van der Waals surface area (Å²) in [5.41, 5.74) is 4.25. The van der Waals surface area contributed by atoms with Crippen LogP contribution in [0.15, 0.2) is 140 Å². The lowest BCUT2D eigenvalue weighted by Gasteiger charge is -2.37. The molecule has 1 aliphatic heterocycles. The zero-order valence-electron chi connectivity index (χ0n) is 31.6. The molecule has 1 aliphatic carbocycles. The maximum absolute atomic E-state index is 14.5. The van der Waals surface area contributed by atoms with Crippen LogP contribution in [0.1, 0.15) is 67.3 Å². The highest BCUT2D eigenvalue weighted by Crippen LogP contribution is 2.44. The van der Waals surface area contributed by atoms with Crippen LogP contribution in [0.5, 0.6) is 0 Å². The number of nitrogens with one attached hydrogen (secondary N) is 2. The lowest BCUT2D eigenvalue weighted by atomic mass is 9.77. The number of benzene rings is 5. The first kappa shape index (κ1) is 38.0. The third kappa shape index (κ3) is 7.27. The fourth-order valence-corrected chi connectivity index (χ4v) is 8.37. The minimum Gasteiger partial charge on any atom is -0.480 e. The largest absolute Gasteiger partial charge is 0.480 e. The number of aliphatic carboxylic acids is 1. The van der Waals surface area contributed by atoms with E-state index < -0.39 is 53.3 Å². The second kappa shape index (κ2) is 15.8. The number of fused-ring (bicyclic) bond motifs is 3. The number of carbonyl (C=O) groups excluding carboxylic acids is 3. The van der Waals surface area contributed by atoms with Gasteiger partial charge in [-0.2, -0.15) is 0 Å². The Labute approximate surface area is 326 Å². The van der Waals surface area contributed by atoms with E-state index in [1.165, 1.54) is 0 Å². The van der Waals surface area contributed by atoms with Crippen LogP contribution in [0, 0.1) is 0 Å². The Bertz CT molecular complexity index is 2070. The molecule has 10 heteroatoms. The number of carboxylic acid groups (broad SMARTS) is 1. The van der Waals surface area contributed by atoms with Crippen molar-refractivity contribution in [3.05, 3.63) is 167 Å². The van der Waals surface area contributed by atoms with Gasteiger partial charge in [0.15, 0.2) is 6.04 Å². The van der Waals surface area contributed by atoms with Crippen LogP contribution in [-0.4, -0.2) is 64.4 Å². The predicted octanol–water partition coefficient (Wildman–Crippen LogP) is 7.22. The van der Waals surface area contributed by atoms with E-state index in [0.717, 1.165) is 43.8 Å². The normalized spacial score (nSPS) is 17.7. The fourth-order valence-electron chi connectivity index (χ4n) is 8.37. The van der Waals surface area contributed by atoms with Gasteiger partial charge in [0.2, 0.25) is 11.8 Å². The number of ether oxygens (including phenoxy) is 2. The van der Waals surface area contributed by atoms with Crippen molar-refractivity contribution in [3.8, 4) is 11.1 Å². The average Bonchev–Trinajstić information content (AvgIpc) is 3.67. The van der Waals surface area contributed by atoms with Gasteiger partial charge in [0.1, 0.15) is 23.9 Å². The molecule has 0 aromatic heterocycles. The third-order valence-corrected chi connectivity index (χ3v) is 10.8. The molecule has 0 radical (unpaired) electrons. The molecule has 3 N–H and O–H groups in total. The molecule has 5 aromatic carbocycles. The Hall–Kier alpha value is -6.26. The predicted molar refractivity (Wildman–Crippen MR) is 211 cm³/mol. The van der Waals surface area contributed by atoms with Gasteiger partial charge in [-0.15, -0.1) is 0 Å². The molecule has 0 saturated carbocycles. The number of hydrogen-bond donors (Lipinski definition) is 3. The van der Waals surface area contributed by atoms with E-state index in [-0.39, 0.29) is 25.4 Å². The molecule has 286 valence electrons. The number of alkyl carbamates (subject to hydrolysis) is 1. The summed E-state index contributed by atoms with van der Waals surface area (Å²) < 4.78 is 11.8. The highest BCUT2D eigenvalue weighted by molar-refractivity contribution is 5.91. The van der Waals surface area contributed by atoms with E-state index in [1.807, 2.05) is 140 Å². The molecule has 0 spiro atoms. The molecular formula is C46H45N3O7. The first-order valence-corrected chi connectivity index (χ1v) is 18.8. The monoisotopic (exact) mass is 751 g/mol. The summed E-state index contributed by atoms with van der Waals surface area (Å²) in [5.74, 6) is -2.56. The van der Waals surface area contributed by atoms with Crippen LogP contribution >= 0.6 is 0 Å². The van der Waals surface area contributed by atoms with Gasteiger partial charge in [-0.3, -0.25) is 14.5 Å². The zero-order chi connectivity index (χ0) is 39.5. The van der Waals surface area contributed by atoms with Crippen molar-refractivity contribution in [1.82, 2.24) is 15.5 Å². The maximum Gasteiger partial charge on any atom is 0.407 e. The molecule has 56 heavy (non-hydrogen) atoms. The van der Waals surface area contributed by atoms with Crippen LogP contribution in [0.3, 0.4) is 0 Å². The van der Waals surface area contributed by atoms with E-state index in [1.54, 1.807) is 20.8 Å². The topological polar surface area (TPSA) is 134 Å². The number of carbonyl (C=O) groups is 4. The molecule has 1 heterocycles. The summed E-state index contributed by atoms with van der Waals surface area (Å²) in [6.45, 7) is 4.80. The summed E-state index contributed by atoms with van der Waals surface area (Å²) in [6, 6.07) is 42.2. The second-order valence-electron chi connectivity index (χ2n) is 14.7. The van der Waals surface area contributed by atoms with E-state index in [4.69, 9.17) is 9.47 Å². The molecule has 10 nitrogen and oxygen atoms in total. The van der Waals surface area contributed by atoms with Gasteiger partial charge >= 0.3 is 12.1 Å². The summed E-state index contributed by atoms with van der Waals surface area (Å²) in [7, 11) is 0. The van der Waals surface area contributed by atoms with Crippen LogP contribution in [0.25, 0.3) is 11.1 Å². The van der Waals surface area contributed by atoms with Crippen molar-refractivity contribution < 1.29 is 33.8 Å². The zero-order valence-corrected chi connectivity index (χ0v) is 31.6. The highest BCUT2D eigenvalue weighted by Gasteiger charge is 2.53. The molecule has 1 fully saturated rings. The van der Waals surface area contributed by atoms with Crippen LogP contribution in [0.2, 0.25) is 0 Å². The Morgan fingerprint density at radius 1 is 0.750 bits per heavy atom. The van der Waals surface area contributed by atoms with Crippen LogP contribution in [-0.2, 0) is 29.4 Å². The van der Waals surface area contributed by atoms with Gasteiger partial charge in [0.25, 0.3) is 0 Å². The molecule has 7 rings (SSSR count). The lowest BCUT2D eigenvalue weighted by molar-refractivity contribution is -0.157. The molecule has 2 aliphatic rings. The lowest BCUT2D eigenvalue weighted by Crippen LogP contribution is -2.58. The highest BCUT2D eigenvalue weighted by atomic mass is 16.6. The number of nitrogens with zero attached hydrogens (tertiary/aromatic N) is 1. The molecule has 3 atom stereocenters. The minimum atomic E-state index is -1.33. The van der Waals surface area contributed by atoms with Crippen molar-refractivity contribution in [1.29, 1.82) is 0 Å². The minimum absolute atomic E-state index is 0.00209. The van der Waals surface area contributed by atoms with E-state index in [9.17, 15) is 24.3 Å². The molecule has 5 aromatic rings. The molecule has 0 bridgehead atoms. The number of rotatable bonds is 12. The fraction of sp³-hybridized carbons (Fsp3) is 0.261. The standard InChI is InChI=1S/C46H45N3O7/c1-30-41(43(52)53)49(45(2,3)56-30)42(51)39(47-44(54)55-29-38-36-25-15-13-23-34(36)35-24-14-16-26-37(35)38)27-28-40(50)48-46(31-17-7-4-8-18-31,32-19-9-5-10-20-32)33-21-11-6-12-22-33/h4-26,30,38-39,41H,27-29H2,1-3H3,(H,47,54)(H,48,50)(H,52,53)/t30-,39+,41-/m1/s1. The number of hydrogen-bond acceptors (Lipinski definition) is 6. The van der Waals surface area contributed by atoms with Crippen molar-refractivity contribution >= 4 is 23.9 Å². The Morgan fingerprint density at radius 2 is 1.21 bits per heavy atom. The Morgan fingerprint density at radius 3 is 1.70 bits per heavy atom. The Balaban J connectivity index is 1.16. The molecule has 0 unspecified atom stereocenters. The molecule has 3 amide bonds. The van der Waals surface area contributed by atoms with E-state index in [0.29, 0.717) is 0 Å². The van der Waals surface area contributed by atoms with E-state index in [2.05, 4.69) is 10.6 Å². The first-order chi connectivity index (χ1) is 27.0. The second-order valence-corrected chi connectivity index (χ2v) is 14.7. The van der Waals surface area contributed by atoms with Gasteiger partial charge in [0.05, 0.1) is 6.10 Å². The van der Waals surface area contributed by atoms with Crippen molar-refractivity contribution in [3.63, 3.8) is 0 Å².